The third-order valence-corrected chi connectivity index (χ3v) is 7.26. The smallest absolute Gasteiger partial charge is 0.255 e. The Labute approximate surface area is 275 Å². The van der Waals surface area contributed by atoms with E-state index in [0.29, 0.717) is 46.8 Å². The van der Waals surface area contributed by atoms with E-state index in [1.165, 1.54) is 36.4 Å². The molecule has 246 valence electrons. The molecular weight excluding hydrogens is 616 g/mol. The Morgan fingerprint density at radius 2 is 0.896 bits per heavy atom. The third kappa shape index (κ3) is 8.37. The number of aromatic hydroxyl groups is 4. The topological polar surface area (TPSA) is 210 Å². The number of anilines is 2. The zero-order valence-electron chi connectivity index (χ0n) is 25.6. The third-order valence-electron chi connectivity index (χ3n) is 7.26. The monoisotopic (exact) mass is 650 g/mol. The fourth-order valence-electron chi connectivity index (χ4n) is 4.69. The number of benzene rings is 5. The maximum Gasteiger partial charge on any atom is 0.255 e. The SMILES string of the molecule is Nc1ccc(Oc2cc(C(=O)NCCc3ccc(O)c(O)c3)c(Oc3ccc(N)cc3)cc2C(=O)NCCc2ccc(O)c(O)c2)cc1. The fourth-order valence-corrected chi connectivity index (χ4v) is 4.69. The van der Waals surface area contributed by atoms with Gasteiger partial charge in [0.15, 0.2) is 23.0 Å². The van der Waals surface area contributed by atoms with Crippen LogP contribution < -0.4 is 31.6 Å². The minimum absolute atomic E-state index is 0.0674. The van der Waals surface area contributed by atoms with Crippen LogP contribution in [0, 0.1) is 0 Å². The van der Waals surface area contributed by atoms with E-state index in [2.05, 4.69) is 10.6 Å². The average molecular weight is 651 g/mol. The summed E-state index contributed by atoms with van der Waals surface area (Å²) in [5, 5.41) is 44.5. The van der Waals surface area contributed by atoms with E-state index in [1.54, 1.807) is 60.7 Å². The van der Waals surface area contributed by atoms with Crippen molar-refractivity contribution in [2.24, 2.45) is 0 Å². The van der Waals surface area contributed by atoms with Crippen LogP contribution in [0.1, 0.15) is 31.8 Å². The van der Waals surface area contributed by atoms with Crippen molar-refractivity contribution in [3.63, 3.8) is 0 Å². The number of phenols is 4. The lowest BCUT2D eigenvalue weighted by atomic mass is 10.1. The van der Waals surface area contributed by atoms with Crippen LogP contribution >= 0.6 is 0 Å². The number of phenolic OH excluding ortho intramolecular Hbond substituents is 4. The molecule has 0 saturated carbocycles. The van der Waals surface area contributed by atoms with Crippen molar-refractivity contribution >= 4 is 23.2 Å². The van der Waals surface area contributed by atoms with Gasteiger partial charge in [0.25, 0.3) is 11.8 Å². The number of ether oxygens (including phenoxy) is 2. The van der Waals surface area contributed by atoms with E-state index < -0.39 is 11.8 Å². The van der Waals surface area contributed by atoms with Gasteiger partial charge in [-0.25, -0.2) is 0 Å². The normalized spacial score (nSPS) is 10.7. The van der Waals surface area contributed by atoms with Crippen LogP contribution in [0.3, 0.4) is 0 Å². The first-order chi connectivity index (χ1) is 23.0. The number of nitrogens with two attached hydrogens (primary N) is 2. The molecule has 0 bridgehead atoms. The molecule has 0 aliphatic rings. The van der Waals surface area contributed by atoms with E-state index in [0.717, 1.165) is 0 Å². The molecule has 0 spiro atoms. The molecule has 5 aromatic carbocycles. The van der Waals surface area contributed by atoms with Crippen molar-refractivity contribution in [3.8, 4) is 46.0 Å². The quantitative estimate of drug-likeness (QED) is 0.0653. The van der Waals surface area contributed by atoms with Gasteiger partial charge in [-0.15, -0.1) is 0 Å². The molecule has 12 heteroatoms. The highest BCUT2D eigenvalue weighted by molar-refractivity contribution is 6.02. The molecular formula is C36H34N4O8. The van der Waals surface area contributed by atoms with Crippen LogP contribution in [0.25, 0.3) is 0 Å². The molecule has 0 aromatic heterocycles. The van der Waals surface area contributed by atoms with Gasteiger partial charge in [0.2, 0.25) is 0 Å². The van der Waals surface area contributed by atoms with Gasteiger partial charge < -0.3 is 52.0 Å². The highest BCUT2D eigenvalue weighted by atomic mass is 16.5. The van der Waals surface area contributed by atoms with Crippen LogP contribution in [0.5, 0.6) is 46.0 Å². The summed E-state index contributed by atoms with van der Waals surface area (Å²) in [7, 11) is 0. The van der Waals surface area contributed by atoms with Crippen molar-refractivity contribution < 1.29 is 39.5 Å². The minimum atomic E-state index is -0.523. The Morgan fingerprint density at radius 3 is 1.25 bits per heavy atom. The van der Waals surface area contributed by atoms with Gasteiger partial charge in [-0.2, -0.15) is 0 Å². The Morgan fingerprint density at radius 1 is 0.521 bits per heavy atom. The van der Waals surface area contributed by atoms with E-state index in [4.69, 9.17) is 20.9 Å². The maximum atomic E-state index is 13.6. The second kappa shape index (κ2) is 14.7. The van der Waals surface area contributed by atoms with Gasteiger partial charge in [0.1, 0.15) is 23.0 Å². The molecule has 0 saturated heterocycles. The molecule has 0 atom stereocenters. The first-order valence-corrected chi connectivity index (χ1v) is 14.9. The lowest BCUT2D eigenvalue weighted by Crippen LogP contribution is -2.28. The number of nitrogen functional groups attached to an aromatic ring is 2. The van der Waals surface area contributed by atoms with Crippen LogP contribution in [0.2, 0.25) is 0 Å². The average Bonchev–Trinajstić information content (AvgIpc) is 3.06. The van der Waals surface area contributed by atoms with Gasteiger partial charge in [-0.1, -0.05) is 12.1 Å². The van der Waals surface area contributed by atoms with Gasteiger partial charge in [-0.05, 0) is 109 Å². The summed E-state index contributed by atoms with van der Waals surface area (Å²) in [6, 6.07) is 24.7. The lowest BCUT2D eigenvalue weighted by molar-refractivity contribution is 0.0937. The predicted octanol–water partition coefficient (Wildman–Crippen LogP) is 5.20. The summed E-state index contributed by atoms with van der Waals surface area (Å²) >= 11 is 0. The first kappa shape index (κ1) is 32.8. The van der Waals surface area contributed by atoms with Crippen LogP contribution in [0.4, 0.5) is 11.4 Å². The van der Waals surface area contributed by atoms with Gasteiger partial charge in [0.05, 0.1) is 11.1 Å². The molecule has 48 heavy (non-hydrogen) atoms. The first-order valence-electron chi connectivity index (χ1n) is 14.9. The summed E-state index contributed by atoms with van der Waals surface area (Å²) in [5.74, 6) is -1.21. The summed E-state index contributed by atoms with van der Waals surface area (Å²) < 4.78 is 12.2. The summed E-state index contributed by atoms with van der Waals surface area (Å²) in [6.07, 6.45) is 0.698. The van der Waals surface area contributed by atoms with Crippen LogP contribution in [-0.2, 0) is 12.8 Å². The highest BCUT2D eigenvalue weighted by Crippen LogP contribution is 2.35. The zero-order chi connectivity index (χ0) is 34.2. The van der Waals surface area contributed by atoms with Gasteiger partial charge >= 0.3 is 0 Å². The molecule has 5 aromatic rings. The van der Waals surface area contributed by atoms with Crippen molar-refractivity contribution in [1.29, 1.82) is 0 Å². The lowest BCUT2D eigenvalue weighted by Gasteiger charge is -2.18. The molecule has 0 aliphatic carbocycles. The summed E-state index contributed by atoms with van der Waals surface area (Å²) in [5.41, 5.74) is 14.2. The molecule has 12 nitrogen and oxygen atoms in total. The standard InChI is InChI=1S/C36H34N4O8/c37-23-3-7-25(8-4-23)47-33-20-28(36(46)40-16-14-22-2-12-30(42)32(44)18-22)34(48-26-9-5-24(38)6-10-26)19-27(33)35(45)39-15-13-21-1-11-29(41)31(43)17-21/h1-12,17-20,41-44H,13-16,37-38H2,(H,39,45)(H,40,46). The molecule has 0 unspecified atom stereocenters. The van der Waals surface area contributed by atoms with Crippen molar-refractivity contribution in [2.75, 3.05) is 24.6 Å². The number of hydrogen-bond acceptors (Lipinski definition) is 10. The number of carbonyl (C=O) groups is 2. The molecule has 0 radical (unpaired) electrons. The van der Waals surface area contributed by atoms with Crippen molar-refractivity contribution in [3.05, 3.63) is 119 Å². The Hall–Kier alpha value is -6.56. The number of nitrogens with one attached hydrogen (secondary N) is 2. The predicted molar refractivity (Wildman–Crippen MR) is 180 cm³/mol. The number of hydrogen-bond donors (Lipinski definition) is 8. The molecule has 10 N–H and O–H groups in total. The summed E-state index contributed by atoms with van der Waals surface area (Å²) in [6.45, 7) is 0.348. The highest BCUT2D eigenvalue weighted by Gasteiger charge is 2.23. The molecule has 0 fully saturated rings. The van der Waals surface area contributed by atoms with Crippen molar-refractivity contribution in [1.82, 2.24) is 10.6 Å². The van der Waals surface area contributed by atoms with E-state index in [9.17, 15) is 30.0 Å². The minimum Gasteiger partial charge on any atom is -0.504 e. The van der Waals surface area contributed by atoms with Crippen LogP contribution in [0.15, 0.2) is 97.1 Å². The van der Waals surface area contributed by atoms with E-state index in [1.807, 2.05) is 0 Å². The molecule has 2 amide bonds. The van der Waals surface area contributed by atoms with E-state index >= 15 is 0 Å². The second-order valence-corrected chi connectivity index (χ2v) is 10.8. The Kier molecular flexibility index (Phi) is 10.0. The van der Waals surface area contributed by atoms with Crippen molar-refractivity contribution in [2.45, 2.75) is 12.8 Å². The fraction of sp³-hybridized carbons (Fsp3) is 0.111. The Balaban J connectivity index is 1.45. The molecule has 0 heterocycles. The molecule has 5 rings (SSSR count). The Bertz CT molecular complexity index is 1790. The maximum absolute atomic E-state index is 13.6. The van der Waals surface area contributed by atoms with E-state index in [-0.39, 0.29) is 58.7 Å². The number of carbonyl (C=O) groups excluding carboxylic acids is 2. The molecule has 0 aliphatic heterocycles. The largest absolute Gasteiger partial charge is 0.504 e. The van der Waals surface area contributed by atoms with Gasteiger partial charge in [0, 0.05) is 24.5 Å². The number of amides is 2. The second-order valence-electron chi connectivity index (χ2n) is 10.8. The zero-order valence-corrected chi connectivity index (χ0v) is 25.6. The van der Waals surface area contributed by atoms with Gasteiger partial charge in [-0.3, -0.25) is 9.59 Å². The summed E-state index contributed by atoms with van der Waals surface area (Å²) in [4.78, 5) is 27.2. The number of rotatable bonds is 12. The van der Waals surface area contributed by atoms with Crippen LogP contribution in [-0.4, -0.2) is 45.3 Å².